The van der Waals surface area contributed by atoms with Crippen molar-refractivity contribution in [3.63, 3.8) is 0 Å². The van der Waals surface area contributed by atoms with Crippen molar-refractivity contribution in [1.82, 2.24) is 4.90 Å². The third-order valence-electron chi connectivity index (χ3n) is 2.27. The third-order valence-corrected chi connectivity index (χ3v) is 2.27. The van der Waals surface area contributed by atoms with E-state index in [0.717, 1.165) is 0 Å². The van der Waals surface area contributed by atoms with Crippen LogP contribution in [0.3, 0.4) is 0 Å². The Morgan fingerprint density at radius 3 is 2.71 bits per heavy atom. The average Bonchev–Trinajstić information content (AvgIpc) is 2.14. The summed E-state index contributed by atoms with van der Waals surface area (Å²) in [4.78, 5) is 15.8. The predicted octanol–water partition coefficient (Wildman–Crippen LogP) is 1.67. The largest absolute Gasteiger partial charge is 0.444 e. The molecule has 2 unspecified atom stereocenters. The molecule has 0 aromatic heterocycles. The van der Waals surface area contributed by atoms with E-state index in [1.54, 1.807) is 20.8 Å². The molecule has 0 saturated carbocycles. The lowest BCUT2D eigenvalue weighted by molar-refractivity contribution is 0.000533. The first-order chi connectivity index (χ1) is 7.81. The summed E-state index contributed by atoms with van der Waals surface area (Å²) in [5, 5.41) is 13.1. The van der Waals surface area contributed by atoms with Crippen LogP contribution in [0.5, 0.6) is 0 Å². The number of ether oxygens (including phenoxy) is 1. The Hall–Kier alpha value is -1.46. The van der Waals surface area contributed by atoms with Crippen LogP contribution >= 0.6 is 0 Å². The number of carbonyl (C=O) groups is 1. The highest BCUT2D eigenvalue weighted by molar-refractivity contribution is 5.68. The number of hydrogen-bond acceptors (Lipinski definition) is 4. The summed E-state index contributed by atoms with van der Waals surface area (Å²) < 4.78 is 5.19. The summed E-state index contributed by atoms with van der Waals surface area (Å²) in [6.45, 7) is 5.82. The number of aliphatic hydroxyl groups is 1. The average molecular weight is 242 g/mol. The molecule has 1 aliphatic heterocycles. The number of azide groups is 1. The Morgan fingerprint density at radius 1 is 1.53 bits per heavy atom. The molecule has 1 amide bonds. The molecule has 0 aromatic carbocycles. The molecule has 96 valence electrons. The van der Waals surface area contributed by atoms with Gasteiger partial charge in [0.15, 0.2) is 0 Å². The first-order valence-electron chi connectivity index (χ1n) is 5.52. The molecule has 1 saturated heterocycles. The molecule has 1 fully saturated rings. The zero-order valence-electron chi connectivity index (χ0n) is 10.3. The topological polar surface area (TPSA) is 98.5 Å². The predicted molar refractivity (Wildman–Crippen MR) is 61.4 cm³/mol. The van der Waals surface area contributed by atoms with Gasteiger partial charge in [0.05, 0.1) is 12.1 Å². The smallest absolute Gasteiger partial charge is 0.410 e. The fourth-order valence-corrected chi connectivity index (χ4v) is 1.68. The van der Waals surface area contributed by atoms with Gasteiger partial charge < -0.3 is 14.7 Å². The van der Waals surface area contributed by atoms with Crippen LogP contribution in [-0.4, -0.2) is 46.9 Å². The molecular weight excluding hydrogens is 224 g/mol. The molecule has 7 heteroatoms. The van der Waals surface area contributed by atoms with Crippen molar-refractivity contribution in [3.05, 3.63) is 10.4 Å². The SMILES string of the molecule is CC(C)(C)OC(=O)N1CC(O)CC(N=[N+]=[N-])C1. The monoisotopic (exact) mass is 242 g/mol. The fourth-order valence-electron chi connectivity index (χ4n) is 1.68. The molecule has 1 N–H and O–H groups in total. The molecule has 7 nitrogen and oxygen atoms in total. The molecule has 17 heavy (non-hydrogen) atoms. The quantitative estimate of drug-likeness (QED) is 0.430. The summed E-state index contributed by atoms with van der Waals surface area (Å²) in [6, 6.07) is -0.392. The summed E-state index contributed by atoms with van der Waals surface area (Å²) in [6.07, 6.45) is -0.787. The van der Waals surface area contributed by atoms with E-state index in [2.05, 4.69) is 10.0 Å². The molecule has 0 aromatic rings. The number of likely N-dealkylation sites (tertiary alicyclic amines) is 1. The first-order valence-corrected chi connectivity index (χ1v) is 5.52. The summed E-state index contributed by atoms with van der Waals surface area (Å²) in [7, 11) is 0. The molecule has 1 rings (SSSR count). The highest BCUT2D eigenvalue weighted by atomic mass is 16.6. The Morgan fingerprint density at radius 2 is 2.18 bits per heavy atom. The van der Waals surface area contributed by atoms with Gasteiger partial charge in [-0.1, -0.05) is 5.11 Å². The van der Waals surface area contributed by atoms with Crippen LogP contribution in [0.1, 0.15) is 27.2 Å². The van der Waals surface area contributed by atoms with Crippen LogP contribution in [0.2, 0.25) is 0 Å². The van der Waals surface area contributed by atoms with E-state index in [9.17, 15) is 9.90 Å². The van der Waals surface area contributed by atoms with Crippen molar-refractivity contribution >= 4 is 6.09 Å². The zero-order valence-corrected chi connectivity index (χ0v) is 10.3. The van der Waals surface area contributed by atoms with Gasteiger partial charge in [-0.05, 0) is 32.7 Å². The number of aliphatic hydroxyl groups excluding tert-OH is 1. The molecular formula is C10H18N4O3. The maximum Gasteiger partial charge on any atom is 0.410 e. The molecule has 1 heterocycles. The lowest BCUT2D eigenvalue weighted by Crippen LogP contribution is -2.49. The van der Waals surface area contributed by atoms with Gasteiger partial charge in [0.2, 0.25) is 0 Å². The van der Waals surface area contributed by atoms with Crippen molar-refractivity contribution in [2.75, 3.05) is 13.1 Å². The Labute approximate surface area is 100.0 Å². The standard InChI is InChI=1S/C10H18N4O3/c1-10(2,3)17-9(16)14-5-7(12-13-11)4-8(15)6-14/h7-8,15H,4-6H2,1-3H3. The van der Waals surface area contributed by atoms with Crippen LogP contribution in [0.25, 0.3) is 10.4 Å². The number of piperidine rings is 1. The van der Waals surface area contributed by atoms with Crippen molar-refractivity contribution in [2.45, 2.75) is 44.9 Å². The maximum atomic E-state index is 11.8. The number of amides is 1. The Balaban J connectivity index is 2.64. The lowest BCUT2D eigenvalue weighted by Gasteiger charge is -2.34. The van der Waals surface area contributed by atoms with Gasteiger partial charge in [-0.25, -0.2) is 4.79 Å². The fraction of sp³-hybridized carbons (Fsp3) is 0.900. The second-order valence-corrected chi connectivity index (χ2v) is 5.13. The number of β-amino-alcohol motifs (C(OH)–C–C–N with tert-alkyl or cyclic N) is 1. The van der Waals surface area contributed by atoms with E-state index in [-0.39, 0.29) is 13.1 Å². The molecule has 0 radical (unpaired) electrons. The second kappa shape index (κ2) is 5.25. The highest BCUT2D eigenvalue weighted by Gasteiger charge is 2.31. The molecule has 0 aliphatic carbocycles. The Bertz CT molecular complexity index is 333. The lowest BCUT2D eigenvalue weighted by atomic mass is 10.0. The second-order valence-electron chi connectivity index (χ2n) is 5.13. The molecule has 0 spiro atoms. The van der Waals surface area contributed by atoms with Crippen LogP contribution in [0.15, 0.2) is 5.11 Å². The minimum absolute atomic E-state index is 0.215. The normalized spacial score (nSPS) is 25.1. The third kappa shape index (κ3) is 4.50. The van der Waals surface area contributed by atoms with Crippen LogP contribution in [0.4, 0.5) is 4.79 Å². The molecule has 1 aliphatic rings. The van der Waals surface area contributed by atoms with Gasteiger partial charge >= 0.3 is 6.09 Å². The number of carbonyl (C=O) groups excluding carboxylic acids is 1. The highest BCUT2D eigenvalue weighted by Crippen LogP contribution is 2.17. The van der Waals surface area contributed by atoms with Crippen molar-refractivity contribution < 1.29 is 14.6 Å². The number of nitrogens with zero attached hydrogens (tertiary/aromatic N) is 4. The minimum Gasteiger partial charge on any atom is -0.444 e. The van der Waals surface area contributed by atoms with Crippen LogP contribution in [-0.2, 0) is 4.74 Å². The zero-order chi connectivity index (χ0) is 13.1. The number of hydrogen-bond donors (Lipinski definition) is 1. The van der Waals surface area contributed by atoms with Crippen molar-refractivity contribution in [3.8, 4) is 0 Å². The van der Waals surface area contributed by atoms with E-state index < -0.39 is 23.8 Å². The van der Waals surface area contributed by atoms with Gasteiger partial charge in [0.1, 0.15) is 5.60 Å². The maximum absolute atomic E-state index is 11.8. The molecule has 0 bridgehead atoms. The molecule has 2 atom stereocenters. The van der Waals surface area contributed by atoms with Gasteiger partial charge in [-0.3, -0.25) is 0 Å². The van der Waals surface area contributed by atoms with Gasteiger partial charge in [-0.15, -0.1) is 0 Å². The van der Waals surface area contributed by atoms with E-state index >= 15 is 0 Å². The van der Waals surface area contributed by atoms with Gasteiger partial charge in [-0.2, -0.15) is 0 Å². The summed E-state index contributed by atoms with van der Waals surface area (Å²) in [5.74, 6) is 0. The van der Waals surface area contributed by atoms with E-state index in [1.165, 1.54) is 4.90 Å². The minimum atomic E-state index is -0.674. The van der Waals surface area contributed by atoms with E-state index in [4.69, 9.17) is 10.3 Å². The van der Waals surface area contributed by atoms with Crippen molar-refractivity contribution in [2.24, 2.45) is 5.11 Å². The van der Waals surface area contributed by atoms with Gasteiger partial charge in [0, 0.05) is 18.0 Å². The van der Waals surface area contributed by atoms with E-state index in [1.807, 2.05) is 0 Å². The summed E-state index contributed by atoms with van der Waals surface area (Å²) in [5.41, 5.74) is 7.78. The van der Waals surface area contributed by atoms with Gasteiger partial charge in [0.25, 0.3) is 0 Å². The number of rotatable bonds is 1. The van der Waals surface area contributed by atoms with Crippen molar-refractivity contribution in [1.29, 1.82) is 0 Å². The summed E-state index contributed by atoms with van der Waals surface area (Å²) >= 11 is 0. The van der Waals surface area contributed by atoms with E-state index in [0.29, 0.717) is 6.42 Å². The first kappa shape index (κ1) is 13.6. The van der Waals surface area contributed by atoms with Crippen LogP contribution in [0, 0.1) is 0 Å². The Kier molecular flexibility index (Phi) is 4.20. The van der Waals surface area contributed by atoms with Crippen LogP contribution < -0.4 is 0 Å².